The van der Waals surface area contributed by atoms with E-state index < -0.39 is 0 Å². The molecule has 2 unspecified atom stereocenters. The SMILES string of the molecule is CC(C(=O)N(C)C1CCCC1)C(N)c1ccccc1. The first-order valence-electron chi connectivity index (χ1n) is 7.18. The lowest BCUT2D eigenvalue weighted by Gasteiger charge is -2.29. The number of benzene rings is 1. The Bertz CT molecular complexity index is 412. The molecule has 0 aromatic heterocycles. The van der Waals surface area contributed by atoms with Crippen LogP contribution in [-0.4, -0.2) is 23.9 Å². The summed E-state index contributed by atoms with van der Waals surface area (Å²) >= 11 is 0. The lowest BCUT2D eigenvalue weighted by atomic mass is 9.94. The van der Waals surface area contributed by atoms with E-state index in [2.05, 4.69) is 0 Å². The van der Waals surface area contributed by atoms with Crippen molar-refractivity contribution < 1.29 is 4.79 Å². The third-order valence-electron chi connectivity index (χ3n) is 4.33. The van der Waals surface area contributed by atoms with Crippen molar-refractivity contribution in [2.45, 2.75) is 44.7 Å². The van der Waals surface area contributed by atoms with Gasteiger partial charge in [0.25, 0.3) is 0 Å². The van der Waals surface area contributed by atoms with Gasteiger partial charge in [-0.2, -0.15) is 0 Å². The van der Waals surface area contributed by atoms with Crippen LogP contribution >= 0.6 is 0 Å². The Morgan fingerprint density at radius 1 is 1.26 bits per heavy atom. The largest absolute Gasteiger partial charge is 0.342 e. The second-order valence-corrected chi connectivity index (χ2v) is 5.61. The highest BCUT2D eigenvalue weighted by molar-refractivity contribution is 5.79. The van der Waals surface area contributed by atoms with E-state index in [9.17, 15) is 4.79 Å². The van der Waals surface area contributed by atoms with Crippen molar-refractivity contribution in [3.8, 4) is 0 Å². The van der Waals surface area contributed by atoms with E-state index in [1.165, 1.54) is 12.8 Å². The minimum absolute atomic E-state index is 0.170. The smallest absolute Gasteiger partial charge is 0.227 e. The van der Waals surface area contributed by atoms with Crippen molar-refractivity contribution in [1.29, 1.82) is 0 Å². The molecule has 1 aliphatic rings. The Kier molecular flexibility index (Phi) is 4.59. The molecule has 2 atom stereocenters. The summed E-state index contributed by atoms with van der Waals surface area (Å²) in [6.07, 6.45) is 4.74. The molecular formula is C16H24N2O. The van der Waals surface area contributed by atoms with Crippen molar-refractivity contribution in [3.63, 3.8) is 0 Å². The van der Waals surface area contributed by atoms with Crippen LogP contribution in [0.4, 0.5) is 0 Å². The molecule has 0 spiro atoms. The summed E-state index contributed by atoms with van der Waals surface area (Å²) in [6.45, 7) is 1.94. The zero-order chi connectivity index (χ0) is 13.8. The molecule has 1 amide bonds. The Morgan fingerprint density at radius 3 is 2.42 bits per heavy atom. The third kappa shape index (κ3) is 3.16. The normalized spacial score (nSPS) is 19.1. The van der Waals surface area contributed by atoms with Gasteiger partial charge in [-0.15, -0.1) is 0 Å². The van der Waals surface area contributed by atoms with Gasteiger partial charge in [0, 0.05) is 19.1 Å². The van der Waals surface area contributed by atoms with Crippen molar-refractivity contribution in [3.05, 3.63) is 35.9 Å². The van der Waals surface area contributed by atoms with Crippen LogP contribution in [-0.2, 0) is 4.79 Å². The molecular weight excluding hydrogens is 236 g/mol. The molecule has 1 aromatic carbocycles. The van der Waals surface area contributed by atoms with Gasteiger partial charge in [-0.05, 0) is 18.4 Å². The maximum absolute atomic E-state index is 12.5. The maximum atomic E-state index is 12.5. The van der Waals surface area contributed by atoms with Crippen LogP contribution < -0.4 is 5.73 Å². The van der Waals surface area contributed by atoms with Crippen LogP contribution in [0.1, 0.15) is 44.2 Å². The van der Waals surface area contributed by atoms with E-state index in [4.69, 9.17) is 5.73 Å². The molecule has 19 heavy (non-hydrogen) atoms. The van der Waals surface area contributed by atoms with Crippen LogP contribution in [0.15, 0.2) is 30.3 Å². The fourth-order valence-corrected chi connectivity index (χ4v) is 2.91. The topological polar surface area (TPSA) is 46.3 Å². The standard InChI is InChI=1S/C16H24N2O/c1-12(15(17)13-8-4-3-5-9-13)16(19)18(2)14-10-6-7-11-14/h3-5,8-9,12,14-15H,6-7,10-11,17H2,1-2H3. The lowest BCUT2D eigenvalue weighted by Crippen LogP contribution is -2.41. The predicted molar refractivity (Wildman–Crippen MR) is 77.6 cm³/mol. The Labute approximate surface area is 115 Å². The minimum Gasteiger partial charge on any atom is -0.342 e. The molecule has 3 heteroatoms. The van der Waals surface area contributed by atoms with E-state index >= 15 is 0 Å². The monoisotopic (exact) mass is 260 g/mol. The van der Waals surface area contributed by atoms with Crippen LogP contribution in [0.5, 0.6) is 0 Å². The van der Waals surface area contributed by atoms with Crippen LogP contribution in [0, 0.1) is 5.92 Å². The molecule has 1 aromatic rings. The van der Waals surface area contributed by atoms with Gasteiger partial charge in [0.2, 0.25) is 5.91 Å². The van der Waals surface area contributed by atoms with Gasteiger partial charge in [-0.25, -0.2) is 0 Å². The summed E-state index contributed by atoms with van der Waals surface area (Å²) in [5, 5.41) is 0. The number of nitrogens with zero attached hydrogens (tertiary/aromatic N) is 1. The molecule has 104 valence electrons. The number of nitrogens with two attached hydrogens (primary N) is 1. The molecule has 1 aliphatic carbocycles. The molecule has 0 heterocycles. The summed E-state index contributed by atoms with van der Waals surface area (Å²) in [7, 11) is 1.92. The molecule has 0 aliphatic heterocycles. The van der Waals surface area contributed by atoms with Crippen molar-refractivity contribution in [2.24, 2.45) is 11.7 Å². The van der Waals surface area contributed by atoms with Crippen LogP contribution in [0.25, 0.3) is 0 Å². The summed E-state index contributed by atoms with van der Waals surface area (Å²) in [4.78, 5) is 14.4. The molecule has 0 bridgehead atoms. The highest BCUT2D eigenvalue weighted by Gasteiger charge is 2.29. The average Bonchev–Trinajstić information content (AvgIpc) is 2.99. The quantitative estimate of drug-likeness (QED) is 0.904. The van der Waals surface area contributed by atoms with E-state index in [1.807, 2.05) is 49.2 Å². The van der Waals surface area contributed by atoms with Crippen LogP contribution in [0.2, 0.25) is 0 Å². The zero-order valence-electron chi connectivity index (χ0n) is 11.9. The van der Waals surface area contributed by atoms with Gasteiger partial charge in [0.15, 0.2) is 0 Å². The number of carbonyl (C=O) groups is 1. The van der Waals surface area contributed by atoms with E-state index in [0.29, 0.717) is 6.04 Å². The number of hydrogen-bond acceptors (Lipinski definition) is 2. The van der Waals surface area contributed by atoms with E-state index in [1.54, 1.807) is 0 Å². The highest BCUT2D eigenvalue weighted by atomic mass is 16.2. The highest BCUT2D eigenvalue weighted by Crippen LogP contribution is 2.26. The predicted octanol–water partition coefficient (Wildman–Crippen LogP) is 2.72. The molecule has 1 saturated carbocycles. The maximum Gasteiger partial charge on any atom is 0.227 e. The number of amides is 1. The molecule has 3 nitrogen and oxygen atoms in total. The van der Waals surface area contributed by atoms with E-state index in [-0.39, 0.29) is 17.9 Å². The summed E-state index contributed by atoms with van der Waals surface area (Å²) in [6, 6.07) is 10.1. The third-order valence-corrected chi connectivity index (χ3v) is 4.33. The first-order valence-corrected chi connectivity index (χ1v) is 7.18. The second-order valence-electron chi connectivity index (χ2n) is 5.61. The fraction of sp³-hybridized carbons (Fsp3) is 0.562. The van der Waals surface area contributed by atoms with Crippen molar-refractivity contribution in [1.82, 2.24) is 4.90 Å². The van der Waals surface area contributed by atoms with Gasteiger partial charge < -0.3 is 10.6 Å². The zero-order valence-corrected chi connectivity index (χ0v) is 11.9. The van der Waals surface area contributed by atoms with Crippen LogP contribution in [0.3, 0.4) is 0 Å². The van der Waals surface area contributed by atoms with Crippen molar-refractivity contribution >= 4 is 5.91 Å². The number of rotatable bonds is 4. The molecule has 0 saturated heterocycles. The van der Waals surface area contributed by atoms with Gasteiger partial charge in [-0.3, -0.25) is 4.79 Å². The van der Waals surface area contributed by atoms with Gasteiger partial charge in [-0.1, -0.05) is 50.1 Å². The fourth-order valence-electron chi connectivity index (χ4n) is 2.91. The van der Waals surface area contributed by atoms with Gasteiger partial charge in [0.05, 0.1) is 5.92 Å². The van der Waals surface area contributed by atoms with E-state index in [0.717, 1.165) is 18.4 Å². The van der Waals surface area contributed by atoms with Gasteiger partial charge >= 0.3 is 0 Å². The summed E-state index contributed by atoms with van der Waals surface area (Å²) in [5.41, 5.74) is 7.26. The lowest BCUT2D eigenvalue weighted by molar-refractivity contribution is -0.136. The average molecular weight is 260 g/mol. The first-order chi connectivity index (χ1) is 9.11. The summed E-state index contributed by atoms with van der Waals surface area (Å²) in [5.74, 6) is -0.00347. The Hall–Kier alpha value is -1.35. The van der Waals surface area contributed by atoms with Crippen molar-refractivity contribution in [2.75, 3.05) is 7.05 Å². The molecule has 1 fully saturated rings. The molecule has 2 N–H and O–H groups in total. The van der Waals surface area contributed by atoms with Gasteiger partial charge in [0.1, 0.15) is 0 Å². The number of carbonyl (C=O) groups excluding carboxylic acids is 1. The first kappa shape index (κ1) is 14.1. The Balaban J connectivity index is 2.02. The second kappa shape index (κ2) is 6.20. The molecule has 2 rings (SSSR count). The summed E-state index contributed by atoms with van der Waals surface area (Å²) < 4.78 is 0. The molecule has 0 radical (unpaired) electrons. The minimum atomic E-state index is -0.224. The Morgan fingerprint density at radius 2 is 1.84 bits per heavy atom. The number of hydrogen-bond donors (Lipinski definition) is 1.